The smallest absolute Gasteiger partial charge is 0.274 e. The zero-order chi connectivity index (χ0) is 16.7. The number of aromatic amines is 1. The summed E-state index contributed by atoms with van der Waals surface area (Å²) in [7, 11) is 0. The van der Waals surface area contributed by atoms with Gasteiger partial charge in [0.2, 0.25) is 0 Å². The van der Waals surface area contributed by atoms with Gasteiger partial charge in [0.15, 0.2) is 11.5 Å². The lowest BCUT2D eigenvalue weighted by Gasteiger charge is -2.27. The highest BCUT2D eigenvalue weighted by Gasteiger charge is 2.26. The molecule has 1 aliphatic heterocycles. The van der Waals surface area contributed by atoms with E-state index < -0.39 is 0 Å². The molecule has 8 heteroatoms. The maximum atomic E-state index is 12.7. The highest BCUT2D eigenvalue weighted by atomic mass is 32.1. The summed E-state index contributed by atoms with van der Waals surface area (Å²) in [6.07, 6.45) is 0.851. The average Bonchev–Trinajstić information content (AvgIpc) is 3.32. The third-order valence-electron chi connectivity index (χ3n) is 4.24. The van der Waals surface area contributed by atoms with Crippen LogP contribution in [0, 0.1) is 6.92 Å². The monoisotopic (exact) mass is 342 g/mol. The number of hydrogen-bond donors (Lipinski definition) is 1. The van der Waals surface area contributed by atoms with E-state index in [1.165, 1.54) is 4.88 Å². The van der Waals surface area contributed by atoms with Gasteiger partial charge in [-0.15, -0.1) is 21.5 Å². The van der Waals surface area contributed by atoms with Crippen LogP contribution in [-0.2, 0) is 19.5 Å². The molecular formula is C16H18N6OS. The standard InChI is InChI=1S/C16H18N6OS/c1-3-14-19-20-15-9-21(6-7-22(14)15)16(23)12-8-11(17-18-12)13-5-4-10(2)24-13/h4-5,8H,3,6-7,9H2,1-2H3,(H,17,18). The summed E-state index contributed by atoms with van der Waals surface area (Å²) < 4.78 is 2.11. The molecule has 124 valence electrons. The number of carbonyl (C=O) groups excluding carboxylic acids is 1. The Balaban J connectivity index is 1.53. The molecule has 1 N–H and O–H groups in total. The van der Waals surface area contributed by atoms with Crippen LogP contribution >= 0.6 is 11.3 Å². The van der Waals surface area contributed by atoms with Gasteiger partial charge in [-0.3, -0.25) is 9.89 Å². The van der Waals surface area contributed by atoms with Crippen molar-refractivity contribution in [3.63, 3.8) is 0 Å². The second kappa shape index (κ2) is 5.86. The van der Waals surface area contributed by atoms with Crippen LogP contribution in [-0.4, -0.2) is 42.3 Å². The maximum absolute atomic E-state index is 12.7. The fraction of sp³-hybridized carbons (Fsp3) is 0.375. The van der Waals surface area contributed by atoms with Gasteiger partial charge in [0.25, 0.3) is 5.91 Å². The maximum Gasteiger partial charge on any atom is 0.274 e. The van der Waals surface area contributed by atoms with Gasteiger partial charge >= 0.3 is 0 Å². The molecule has 0 unspecified atom stereocenters. The van der Waals surface area contributed by atoms with Crippen LogP contribution in [0.1, 0.15) is 33.9 Å². The van der Waals surface area contributed by atoms with Gasteiger partial charge in [-0.1, -0.05) is 6.92 Å². The summed E-state index contributed by atoms with van der Waals surface area (Å²) in [5.74, 6) is 1.75. The number of thiophene rings is 1. The number of fused-ring (bicyclic) bond motifs is 1. The van der Waals surface area contributed by atoms with E-state index in [-0.39, 0.29) is 5.91 Å². The van der Waals surface area contributed by atoms with Gasteiger partial charge in [0.05, 0.1) is 17.1 Å². The Morgan fingerprint density at radius 3 is 2.96 bits per heavy atom. The molecule has 7 nitrogen and oxygen atoms in total. The van der Waals surface area contributed by atoms with E-state index in [1.54, 1.807) is 16.2 Å². The topological polar surface area (TPSA) is 79.7 Å². The Bertz CT molecular complexity index is 892. The molecule has 24 heavy (non-hydrogen) atoms. The van der Waals surface area contributed by atoms with Gasteiger partial charge in [-0.25, -0.2) is 0 Å². The molecule has 1 aliphatic rings. The number of nitrogens with zero attached hydrogens (tertiary/aromatic N) is 5. The molecule has 0 saturated carbocycles. The van der Waals surface area contributed by atoms with Gasteiger partial charge in [0, 0.05) is 24.4 Å². The molecule has 3 aromatic rings. The van der Waals surface area contributed by atoms with Crippen molar-refractivity contribution in [3.8, 4) is 10.6 Å². The van der Waals surface area contributed by atoms with E-state index in [0.29, 0.717) is 18.8 Å². The van der Waals surface area contributed by atoms with Crippen molar-refractivity contribution < 1.29 is 4.79 Å². The number of amides is 1. The second-order valence-corrected chi connectivity index (χ2v) is 7.13. The van der Waals surface area contributed by atoms with E-state index in [4.69, 9.17) is 0 Å². The van der Waals surface area contributed by atoms with Crippen LogP contribution in [0.15, 0.2) is 18.2 Å². The van der Waals surface area contributed by atoms with E-state index in [2.05, 4.69) is 44.9 Å². The summed E-state index contributed by atoms with van der Waals surface area (Å²) in [6, 6.07) is 5.92. The van der Waals surface area contributed by atoms with Gasteiger partial charge < -0.3 is 9.47 Å². The minimum atomic E-state index is -0.0712. The predicted octanol–water partition coefficient (Wildman–Crippen LogP) is 2.26. The van der Waals surface area contributed by atoms with Crippen molar-refractivity contribution in [1.82, 2.24) is 29.9 Å². The third kappa shape index (κ3) is 2.52. The number of aromatic nitrogens is 5. The van der Waals surface area contributed by atoms with Crippen molar-refractivity contribution in [2.24, 2.45) is 0 Å². The van der Waals surface area contributed by atoms with Crippen LogP contribution < -0.4 is 0 Å². The first-order valence-corrected chi connectivity index (χ1v) is 8.80. The van der Waals surface area contributed by atoms with E-state index in [1.807, 2.05) is 12.1 Å². The van der Waals surface area contributed by atoms with Crippen LogP contribution in [0.5, 0.6) is 0 Å². The van der Waals surface area contributed by atoms with Gasteiger partial charge in [-0.2, -0.15) is 5.10 Å². The number of hydrogen-bond acceptors (Lipinski definition) is 5. The third-order valence-corrected chi connectivity index (χ3v) is 5.27. The molecule has 0 fully saturated rings. The summed E-state index contributed by atoms with van der Waals surface area (Å²) in [5, 5.41) is 15.6. The van der Waals surface area contributed by atoms with E-state index in [0.717, 1.165) is 35.2 Å². The Morgan fingerprint density at radius 1 is 1.33 bits per heavy atom. The number of H-pyrrole nitrogens is 1. The summed E-state index contributed by atoms with van der Waals surface area (Å²) >= 11 is 1.68. The summed E-state index contributed by atoms with van der Waals surface area (Å²) in [5.41, 5.74) is 1.32. The molecule has 4 heterocycles. The lowest BCUT2D eigenvalue weighted by Crippen LogP contribution is -2.39. The van der Waals surface area contributed by atoms with Crippen molar-refractivity contribution in [3.05, 3.63) is 40.4 Å². The Labute approximate surface area is 143 Å². The fourth-order valence-corrected chi connectivity index (χ4v) is 3.79. The van der Waals surface area contributed by atoms with Crippen LogP contribution in [0.2, 0.25) is 0 Å². The molecule has 0 aliphatic carbocycles. The Hall–Kier alpha value is -2.48. The number of nitrogens with one attached hydrogen (secondary N) is 1. The minimum Gasteiger partial charge on any atom is -0.328 e. The number of aryl methyl sites for hydroxylation is 2. The van der Waals surface area contributed by atoms with Crippen molar-refractivity contribution >= 4 is 17.2 Å². The first-order chi connectivity index (χ1) is 11.7. The van der Waals surface area contributed by atoms with E-state index >= 15 is 0 Å². The van der Waals surface area contributed by atoms with Crippen molar-refractivity contribution in [2.75, 3.05) is 6.54 Å². The van der Waals surface area contributed by atoms with Crippen LogP contribution in [0.25, 0.3) is 10.6 Å². The summed E-state index contributed by atoms with van der Waals surface area (Å²) in [4.78, 5) is 16.8. The fourth-order valence-electron chi connectivity index (χ4n) is 2.95. The van der Waals surface area contributed by atoms with Crippen molar-refractivity contribution in [1.29, 1.82) is 0 Å². The van der Waals surface area contributed by atoms with Crippen LogP contribution in [0.3, 0.4) is 0 Å². The average molecular weight is 342 g/mol. The zero-order valence-electron chi connectivity index (χ0n) is 13.6. The largest absolute Gasteiger partial charge is 0.328 e. The molecule has 0 spiro atoms. The molecule has 0 aromatic carbocycles. The lowest BCUT2D eigenvalue weighted by atomic mass is 10.2. The lowest BCUT2D eigenvalue weighted by molar-refractivity contribution is 0.0700. The van der Waals surface area contributed by atoms with E-state index in [9.17, 15) is 4.79 Å². The summed E-state index contributed by atoms with van der Waals surface area (Å²) in [6.45, 7) is 5.99. The molecule has 0 radical (unpaired) electrons. The molecule has 0 atom stereocenters. The normalized spacial score (nSPS) is 14.0. The Kier molecular flexibility index (Phi) is 3.68. The molecule has 4 rings (SSSR count). The van der Waals surface area contributed by atoms with Gasteiger partial charge in [0.1, 0.15) is 5.82 Å². The molecular weight excluding hydrogens is 324 g/mol. The van der Waals surface area contributed by atoms with Gasteiger partial charge in [-0.05, 0) is 25.1 Å². The quantitative estimate of drug-likeness (QED) is 0.792. The number of rotatable bonds is 3. The van der Waals surface area contributed by atoms with Crippen LogP contribution in [0.4, 0.5) is 0 Å². The highest BCUT2D eigenvalue weighted by Crippen LogP contribution is 2.27. The first-order valence-electron chi connectivity index (χ1n) is 7.98. The SMILES string of the molecule is CCc1nnc2n1CCN(C(=O)c1cc(-c3ccc(C)s3)[nH]n1)C2. The minimum absolute atomic E-state index is 0.0712. The van der Waals surface area contributed by atoms with Crippen molar-refractivity contribution in [2.45, 2.75) is 33.4 Å². The molecule has 0 saturated heterocycles. The molecule has 3 aromatic heterocycles. The predicted molar refractivity (Wildman–Crippen MR) is 90.8 cm³/mol. The number of carbonyl (C=O) groups is 1. The molecule has 0 bridgehead atoms. The zero-order valence-corrected chi connectivity index (χ0v) is 14.4. The molecule has 1 amide bonds. The second-order valence-electron chi connectivity index (χ2n) is 5.84. The highest BCUT2D eigenvalue weighted by molar-refractivity contribution is 7.15. The Morgan fingerprint density at radius 2 is 2.21 bits per heavy atom. The first kappa shape index (κ1) is 15.1.